The zero-order chi connectivity index (χ0) is 19.3. The van der Waals surface area contributed by atoms with Crippen LogP contribution in [0.25, 0.3) is 0 Å². The Labute approximate surface area is 159 Å². The monoisotopic (exact) mass is 377 g/mol. The summed E-state index contributed by atoms with van der Waals surface area (Å²) in [6.07, 6.45) is 0. The number of benzene rings is 1. The van der Waals surface area contributed by atoms with Gasteiger partial charge in [0.2, 0.25) is 11.8 Å². The first-order valence-electron chi connectivity index (χ1n) is 9.26. The second-order valence-electron chi connectivity index (χ2n) is 7.15. The molecular formula is C19H27N3O5. The van der Waals surface area contributed by atoms with Crippen molar-refractivity contribution in [1.29, 1.82) is 0 Å². The first kappa shape index (κ1) is 19.4. The first-order chi connectivity index (χ1) is 13.0. The molecular weight excluding hydrogens is 350 g/mol. The van der Waals surface area contributed by atoms with Crippen molar-refractivity contribution in [2.45, 2.75) is 13.8 Å². The van der Waals surface area contributed by atoms with E-state index in [4.69, 9.17) is 14.2 Å². The van der Waals surface area contributed by atoms with Gasteiger partial charge in [-0.15, -0.1) is 0 Å². The van der Waals surface area contributed by atoms with Crippen LogP contribution in [-0.2, 0) is 14.3 Å². The van der Waals surface area contributed by atoms with E-state index in [1.165, 1.54) is 0 Å². The molecule has 1 saturated heterocycles. The molecule has 2 heterocycles. The minimum Gasteiger partial charge on any atom is -0.486 e. The van der Waals surface area contributed by atoms with Crippen LogP contribution in [0.5, 0.6) is 11.5 Å². The number of hydrogen-bond acceptors (Lipinski definition) is 6. The van der Waals surface area contributed by atoms with E-state index in [9.17, 15) is 9.59 Å². The lowest BCUT2D eigenvalue weighted by molar-refractivity contribution is -0.138. The van der Waals surface area contributed by atoms with E-state index in [0.717, 1.165) is 32.8 Å². The summed E-state index contributed by atoms with van der Waals surface area (Å²) in [6, 6.07) is 5.19. The molecule has 8 heteroatoms. The van der Waals surface area contributed by atoms with Crippen LogP contribution >= 0.6 is 0 Å². The van der Waals surface area contributed by atoms with Crippen LogP contribution in [0.15, 0.2) is 18.2 Å². The van der Waals surface area contributed by atoms with Crippen molar-refractivity contribution in [1.82, 2.24) is 10.2 Å². The van der Waals surface area contributed by atoms with Gasteiger partial charge in [0.15, 0.2) is 11.5 Å². The maximum atomic E-state index is 12.6. The SMILES string of the molecule is CC(C)(C(=O)NCCN1CCOCC1)C(=O)Nc1ccc2c(c1)OCCO2. The van der Waals surface area contributed by atoms with Gasteiger partial charge in [-0.05, 0) is 26.0 Å². The van der Waals surface area contributed by atoms with Gasteiger partial charge in [0.1, 0.15) is 18.6 Å². The Balaban J connectivity index is 1.51. The van der Waals surface area contributed by atoms with Crippen molar-refractivity contribution in [3.63, 3.8) is 0 Å². The Hall–Kier alpha value is -2.32. The maximum absolute atomic E-state index is 12.6. The summed E-state index contributed by atoms with van der Waals surface area (Å²) in [5, 5.41) is 5.65. The minimum absolute atomic E-state index is 0.300. The molecule has 0 atom stereocenters. The summed E-state index contributed by atoms with van der Waals surface area (Å²) in [7, 11) is 0. The molecule has 1 aromatic carbocycles. The molecule has 1 aromatic rings. The van der Waals surface area contributed by atoms with Crippen molar-refractivity contribution in [2.75, 3.05) is 57.9 Å². The van der Waals surface area contributed by atoms with Gasteiger partial charge in [-0.1, -0.05) is 0 Å². The number of rotatable bonds is 6. The van der Waals surface area contributed by atoms with Gasteiger partial charge < -0.3 is 24.8 Å². The number of carbonyl (C=O) groups is 2. The Morgan fingerprint density at radius 1 is 1.04 bits per heavy atom. The molecule has 0 saturated carbocycles. The highest BCUT2D eigenvalue weighted by Gasteiger charge is 2.36. The largest absolute Gasteiger partial charge is 0.486 e. The van der Waals surface area contributed by atoms with E-state index < -0.39 is 5.41 Å². The topological polar surface area (TPSA) is 89.1 Å². The van der Waals surface area contributed by atoms with Crippen LogP contribution < -0.4 is 20.1 Å². The maximum Gasteiger partial charge on any atom is 0.239 e. The molecule has 0 aliphatic carbocycles. The smallest absolute Gasteiger partial charge is 0.239 e. The van der Waals surface area contributed by atoms with Gasteiger partial charge in [-0.2, -0.15) is 0 Å². The number of ether oxygens (including phenoxy) is 3. The predicted octanol–water partition coefficient (Wildman–Crippen LogP) is 0.871. The van der Waals surface area contributed by atoms with E-state index in [-0.39, 0.29) is 11.8 Å². The van der Waals surface area contributed by atoms with Crippen molar-refractivity contribution in [3.8, 4) is 11.5 Å². The molecule has 148 valence electrons. The molecule has 2 amide bonds. The molecule has 2 N–H and O–H groups in total. The van der Waals surface area contributed by atoms with Crippen molar-refractivity contribution >= 4 is 17.5 Å². The number of anilines is 1. The van der Waals surface area contributed by atoms with Crippen LogP contribution in [0, 0.1) is 5.41 Å². The summed E-state index contributed by atoms with van der Waals surface area (Å²) < 4.78 is 16.3. The molecule has 2 aliphatic heterocycles. The Morgan fingerprint density at radius 2 is 1.74 bits per heavy atom. The highest BCUT2D eigenvalue weighted by Crippen LogP contribution is 2.33. The number of amides is 2. The van der Waals surface area contributed by atoms with Gasteiger partial charge in [0.25, 0.3) is 0 Å². The quantitative estimate of drug-likeness (QED) is 0.715. The summed E-state index contributed by atoms with van der Waals surface area (Å²) in [4.78, 5) is 27.4. The third kappa shape index (κ3) is 4.90. The van der Waals surface area contributed by atoms with Gasteiger partial charge in [-0.25, -0.2) is 0 Å². The Morgan fingerprint density at radius 3 is 2.48 bits per heavy atom. The van der Waals surface area contributed by atoms with Crippen molar-refractivity contribution in [3.05, 3.63) is 18.2 Å². The fourth-order valence-electron chi connectivity index (χ4n) is 2.88. The zero-order valence-corrected chi connectivity index (χ0v) is 15.9. The fraction of sp³-hybridized carbons (Fsp3) is 0.579. The van der Waals surface area contributed by atoms with Crippen molar-refractivity contribution in [2.24, 2.45) is 5.41 Å². The molecule has 0 aromatic heterocycles. The van der Waals surface area contributed by atoms with Crippen LogP contribution in [0.4, 0.5) is 5.69 Å². The standard InChI is InChI=1S/C19H27N3O5/c1-19(2,17(23)20-5-6-22-7-9-25-10-8-22)18(24)21-14-3-4-15-16(13-14)27-12-11-26-15/h3-4,13H,5-12H2,1-2H3,(H,20,23)(H,21,24). The second-order valence-corrected chi connectivity index (χ2v) is 7.15. The number of fused-ring (bicyclic) bond motifs is 1. The van der Waals surface area contributed by atoms with Gasteiger partial charge in [0, 0.05) is 37.9 Å². The normalized spacial score (nSPS) is 17.3. The predicted molar refractivity (Wildman–Crippen MR) is 100 cm³/mol. The third-order valence-corrected chi connectivity index (χ3v) is 4.75. The molecule has 1 fully saturated rings. The molecule has 0 bridgehead atoms. The Bertz CT molecular complexity index is 686. The van der Waals surface area contributed by atoms with Crippen LogP contribution in [0.2, 0.25) is 0 Å². The second kappa shape index (κ2) is 8.58. The lowest BCUT2D eigenvalue weighted by Crippen LogP contribution is -2.48. The highest BCUT2D eigenvalue weighted by molar-refractivity contribution is 6.09. The summed E-state index contributed by atoms with van der Waals surface area (Å²) >= 11 is 0. The number of hydrogen-bond donors (Lipinski definition) is 2. The van der Waals surface area contributed by atoms with Crippen LogP contribution in [0.3, 0.4) is 0 Å². The third-order valence-electron chi connectivity index (χ3n) is 4.75. The Kier molecular flexibility index (Phi) is 6.18. The lowest BCUT2D eigenvalue weighted by Gasteiger charge is -2.28. The zero-order valence-electron chi connectivity index (χ0n) is 15.9. The fourth-order valence-corrected chi connectivity index (χ4v) is 2.88. The highest BCUT2D eigenvalue weighted by atomic mass is 16.6. The summed E-state index contributed by atoms with van der Waals surface area (Å²) in [5.74, 6) is 0.569. The van der Waals surface area contributed by atoms with Gasteiger partial charge in [-0.3, -0.25) is 14.5 Å². The molecule has 0 unspecified atom stereocenters. The number of nitrogens with zero attached hydrogens (tertiary/aromatic N) is 1. The molecule has 0 radical (unpaired) electrons. The van der Waals surface area contributed by atoms with Crippen LogP contribution in [-0.4, -0.2) is 69.3 Å². The molecule has 8 nitrogen and oxygen atoms in total. The summed E-state index contributed by atoms with van der Waals surface area (Å²) in [5.41, 5.74) is -0.628. The number of carbonyl (C=O) groups excluding carboxylic acids is 2. The average molecular weight is 377 g/mol. The lowest BCUT2D eigenvalue weighted by atomic mass is 9.91. The van der Waals surface area contributed by atoms with E-state index in [1.807, 2.05) is 0 Å². The number of nitrogens with one attached hydrogen (secondary N) is 2. The first-order valence-corrected chi connectivity index (χ1v) is 9.26. The van der Waals surface area contributed by atoms with E-state index in [0.29, 0.717) is 36.9 Å². The molecule has 3 rings (SSSR count). The molecule has 27 heavy (non-hydrogen) atoms. The van der Waals surface area contributed by atoms with E-state index in [1.54, 1.807) is 32.0 Å². The average Bonchev–Trinajstić information content (AvgIpc) is 2.68. The van der Waals surface area contributed by atoms with Gasteiger partial charge in [0.05, 0.1) is 13.2 Å². The van der Waals surface area contributed by atoms with E-state index in [2.05, 4.69) is 15.5 Å². The summed E-state index contributed by atoms with van der Waals surface area (Å²) in [6.45, 7) is 8.63. The molecule has 0 spiro atoms. The van der Waals surface area contributed by atoms with Gasteiger partial charge >= 0.3 is 0 Å². The minimum atomic E-state index is -1.20. The molecule has 2 aliphatic rings. The van der Waals surface area contributed by atoms with Crippen LogP contribution in [0.1, 0.15) is 13.8 Å². The van der Waals surface area contributed by atoms with Crippen molar-refractivity contribution < 1.29 is 23.8 Å². The van der Waals surface area contributed by atoms with E-state index >= 15 is 0 Å². The number of morpholine rings is 1.